The second-order valence-corrected chi connectivity index (χ2v) is 3.99. The van der Waals surface area contributed by atoms with Crippen molar-refractivity contribution in [3.8, 4) is 0 Å². The van der Waals surface area contributed by atoms with Crippen molar-refractivity contribution in [2.75, 3.05) is 26.3 Å². The van der Waals surface area contributed by atoms with Crippen LogP contribution in [0.2, 0.25) is 0 Å². The molecule has 2 amide bonds. The van der Waals surface area contributed by atoms with E-state index in [0.29, 0.717) is 13.2 Å². The second kappa shape index (κ2) is 6.97. The van der Waals surface area contributed by atoms with Gasteiger partial charge in [0.25, 0.3) is 0 Å². The predicted molar refractivity (Wildman–Crippen MR) is 63.2 cm³/mol. The molecule has 0 aromatic rings. The fraction of sp³-hybridized carbons (Fsp3) is 0.636. The van der Waals surface area contributed by atoms with E-state index >= 15 is 0 Å². The van der Waals surface area contributed by atoms with Gasteiger partial charge in [0.1, 0.15) is 6.04 Å². The van der Waals surface area contributed by atoms with Crippen LogP contribution in [-0.4, -0.2) is 65.6 Å². The minimum atomic E-state index is -1.10. The molecular formula is C11H18N2O5. The molecule has 1 saturated heterocycles. The smallest absolute Gasteiger partial charge is 0.326 e. The molecule has 0 aromatic carbocycles. The van der Waals surface area contributed by atoms with Gasteiger partial charge >= 0.3 is 12.0 Å². The summed E-state index contributed by atoms with van der Waals surface area (Å²) < 4.78 is 5.20. The molecule has 3 N–H and O–H groups in total. The van der Waals surface area contributed by atoms with Crippen molar-refractivity contribution in [1.29, 1.82) is 0 Å². The van der Waals surface area contributed by atoms with Crippen LogP contribution in [0.1, 0.15) is 6.42 Å². The molecule has 0 aliphatic carbocycles. The number of aliphatic hydroxyl groups excluding tert-OH is 1. The number of aliphatic hydroxyl groups is 1. The maximum Gasteiger partial charge on any atom is 0.326 e. The Morgan fingerprint density at radius 1 is 1.61 bits per heavy atom. The van der Waals surface area contributed by atoms with Crippen LogP contribution in [0.3, 0.4) is 0 Å². The minimum absolute atomic E-state index is 0.162. The molecule has 0 radical (unpaired) electrons. The minimum Gasteiger partial charge on any atom is -0.480 e. The molecule has 2 unspecified atom stereocenters. The van der Waals surface area contributed by atoms with E-state index in [9.17, 15) is 9.59 Å². The van der Waals surface area contributed by atoms with Gasteiger partial charge in [-0.1, -0.05) is 6.08 Å². The Bertz CT molecular complexity index is 321. The fourth-order valence-corrected chi connectivity index (χ4v) is 1.64. The van der Waals surface area contributed by atoms with E-state index in [2.05, 4.69) is 11.9 Å². The highest BCUT2D eigenvalue weighted by Crippen LogP contribution is 2.05. The van der Waals surface area contributed by atoms with Crippen LogP contribution in [0.4, 0.5) is 4.79 Å². The molecule has 1 heterocycles. The monoisotopic (exact) mass is 258 g/mol. The molecule has 0 saturated carbocycles. The summed E-state index contributed by atoms with van der Waals surface area (Å²) in [5, 5.41) is 20.3. The third-order valence-electron chi connectivity index (χ3n) is 2.63. The summed E-state index contributed by atoms with van der Waals surface area (Å²) in [6, 6.07) is -1.45. The van der Waals surface area contributed by atoms with Crippen LogP contribution in [0.15, 0.2) is 12.7 Å². The average Bonchev–Trinajstić information content (AvgIpc) is 2.38. The third kappa shape index (κ3) is 4.01. The predicted octanol–water partition coefficient (Wildman–Crippen LogP) is -0.582. The first kappa shape index (κ1) is 14.5. The van der Waals surface area contributed by atoms with Gasteiger partial charge in [-0.2, -0.15) is 0 Å². The molecule has 1 fully saturated rings. The van der Waals surface area contributed by atoms with Crippen LogP contribution < -0.4 is 5.32 Å². The molecule has 0 bridgehead atoms. The standard InChI is InChI=1S/C11H18N2O5/c1-2-3-9(10(15)16)12-11(17)13-4-5-18-8(6-13)7-14/h2,8-9,14H,1,3-7H2,(H,12,17)(H,15,16). The van der Waals surface area contributed by atoms with Crippen molar-refractivity contribution >= 4 is 12.0 Å². The Morgan fingerprint density at radius 2 is 2.33 bits per heavy atom. The number of aliphatic carboxylic acids is 1. The van der Waals surface area contributed by atoms with Crippen LogP contribution in [-0.2, 0) is 9.53 Å². The van der Waals surface area contributed by atoms with E-state index in [1.54, 1.807) is 0 Å². The maximum absolute atomic E-state index is 11.8. The zero-order valence-electron chi connectivity index (χ0n) is 10.0. The number of nitrogens with one attached hydrogen (secondary N) is 1. The normalized spacial score (nSPS) is 21.2. The van der Waals surface area contributed by atoms with E-state index in [1.807, 2.05) is 0 Å². The highest BCUT2D eigenvalue weighted by molar-refractivity contribution is 5.82. The molecule has 7 nitrogen and oxygen atoms in total. The quantitative estimate of drug-likeness (QED) is 0.573. The van der Waals surface area contributed by atoms with Gasteiger partial charge in [-0.3, -0.25) is 0 Å². The van der Waals surface area contributed by atoms with Crippen molar-refractivity contribution in [2.45, 2.75) is 18.6 Å². The molecule has 0 spiro atoms. The van der Waals surface area contributed by atoms with Crippen molar-refractivity contribution in [3.05, 3.63) is 12.7 Å². The number of nitrogens with zero attached hydrogens (tertiary/aromatic N) is 1. The summed E-state index contributed by atoms with van der Waals surface area (Å²) in [6.45, 7) is 4.24. The Balaban J connectivity index is 2.52. The lowest BCUT2D eigenvalue weighted by Crippen LogP contribution is -2.53. The molecule has 18 heavy (non-hydrogen) atoms. The second-order valence-electron chi connectivity index (χ2n) is 3.99. The summed E-state index contributed by atoms with van der Waals surface area (Å²) >= 11 is 0. The number of hydrogen-bond donors (Lipinski definition) is 3. The van der Waals surface area contributed by atoms with Crippen LogP contribution in [0.5, 0.6) is 0 Å². The number of hydrogen-bond acceptors (Lipinski definition) is 4. The summed E-state index contributed by atoms with van der Waals surface area (Å²) in [5.74, 6) is -1.10. The number of amides is 2. The molecule has 7 heteroatoms. The number of ether oxygens (including phenoxy) is 1. The van der Waals surface area contributed by atoms with Gasteiger partial charge in [0.2, 0.25) is 0 Å². The molecule has 1 rings (SSSR count). The van der Waals surface area contributed by atoms with Crippen LogP contribution in [0, 0.1) is 0 Å². The number of rotatable bonds is 5. The first-order chi connectivity index (χ1) is 8.58. The van der Waals surface area contributed by atoms with Gasteiger partial charge in [-0.05, 0) is 6.42 Å². The molecular weight excluding hydrogens is 240 g/mol. The number of morpholine rings is 1. The topological polar surface area (TPSA) is 99.1 Å². The van der Waals surface area contributed by atoms with Crippen molar-refractivity contribution in [1.82, 2.24) is 10.2 Å². The molecule has 1 aliphatic heterocycles. The zero-order valence-corrected chi connectivity index (χ0v) is 10.0. The number of carbonyl (C=O) groups excluding carboxylic acids is 1. The van der Waals surface area contributed by atoms with Gasteiger partial charge in [0.05, 0.1) is 25.9 Å². The van der Waals surface area contributed by atoms with Crippen molar-refractivity contribution in [3.63, 3.8) is 0 Å². The largest absolute Gasteiger partial charge is 0.480 e. The maximum atomic E-state index is 11.8. The van der Waals surface area contributed by atoms with E-state index < -0.39 is 24.1 Å². The number of carbonyl (C=O) groups is 2. The van der Waals surface area contributed by atoms with Crippen molar-refractivity contribution in [2.24, 2.45) is 0 Å². The van der Waals surface area contributed by atoms with Crippen molar-refractivity contribution < 1.29 is 24.5 Å². The van der Waals surface area contributed by atoms with E-state index in [1.165, 1.54) is 11.0 Å². The Labute approximate surface area is 105 Å². The lowest BCUT2D eigenvalue weighted by Gasteiger charge is -2.32. The summed E-state index contributed by atoms with van der Waals surface area (Å²) in [7, 11) is 0. The van der Waals surface area contributed by atoms with Gasteiger partial charge < -0.3 is 25.2 Å². The number of carboxylic acid groups (broad SMARTS) is 1. The van der Waals surface area contributed by atoms with E-state index in [4.69, 9.17) is 14.9 Å². The summed E-state index contributed by atoms with van der Waals surface area (Å²) in [6.07, 6.45) is 1.19. The van der Waals surface area contributed by atoms with Crippen LogP contribution >= 0.6 is 0 Å². The van der Waals surface area contributed by atoms with E-state index in [0.717, 1.165) is 0 Å². The molecule has 2 atom stereocenters. The number of carboxylic acids is 1. The highest BCUT2D eigenvalue weighted by atomic mass is 16.5. The third-order valence-corrected chi connectivity index (χ3v) is 2.63. The first-order valence-corrected chi connectivity index (χ1v) is 5.70. The highest BCUT2D eigenvalue weighted by Gasteiger charge is 2.26. The average molecular weight is 258 g/mol. The lowest BCUT2D eigenvalue weighted by molar-refractivity contribution is -0.139. The Morgan fingerprint density at radius 3 is 2.89 bits per heavy atom. The fourth-order valence-electron chi connectivity index (χ4n) is 1.64. The van der Waals surface area contributed by atoms with E-state index in [-0.39, 0.29) is 19.6 Å². The summed E-state index contributed by atoms with van der Waals surface area (Å²) in [5.41, 5.74) is 0. The lowest BCUT2D eigenvalue weighted by atomic mass is 10.2. The van der Waals surface area contributed by atoms with Gasteiger partial charge in [0.15, 0.2) is 0 Å². The first-order valence-electron chi connectivity index (χ1n) is 5.70. The zero-order chi connectivity index (χ0) is 13.5. The SMILES string of the molecule is C=CCC(NC(=O)N1CCOC(CO)C1)C(=O)O. The van der Waals surface area contributed by atoms with Gasteiger partial charge in [-0.25, -0.2) is 9.59 Å². The Hall–Kier alpha value is -1.60. The van der Waals surface area contributed by atoms with Gasteiger partial charge in [0, 0.05) is 6.54 Å². The Kier molecular flexibility index (Phi) is 5.60. The molecule has 0 aromatic heterocycles. The van der Waals surface area contributed by atoms with Crippen LogP contribution in [0.25, 0.3) is 0 Å². The number of urea groups is 1. The van der Waals surface area contributed by atoms with Gasteiger partial charge in [-0.15, -0.1) is 6.58 Å². The summed E-state index contributed by atoms with van der Waals surface area (Å²) in [4.78, 5) is 24.1. The molecule has 1 aliphatic rings. The molecule has 102 valence electrons.